The molecule has 4 aromatic rings. The third kappa shape index (κ3) is 4.26. The van der Waals surface area contributed by atoms with E-state index in [1.807, 2.05) is 4.90 Å². The molecule has 0 saturated carbocycles. The number of piperazine rings is 1. The SMILES string of the molecule is Oc1cc(-c2nc3c4c(nc(OC[C@@]56CCCN5C[C@H](F)C6)nc4c2F)N2CCNC[C@H]2CO3)c2c(F)c(F)c(F)c(F)c2c1. The van der Waals surface area contributed by atoms with Crippen LogP contribution in [0.25, 0.3) is 32.9 Å². The van der Waals surface area contributed by atoms with E-state index in [4.69, 9.17) is 9.47 Å². The number of rotatable bonds is 4. The average Bonchev–Trinajstić information content (AvgIpc) is 3.51. The number of alkyl halides is 1. The van der Waals surface area contributed by atoms with E-state index in [0.29, 0.717) is 32.2 Å². The van der Waals surface area contributed by atoms with Crippen LogP contribution in [0.3, 0.4) is 0 Å². The van der Waals surface area contributed by atoms with Gasteiger partial charge in [-0.15, -0.1) is 0 Å². The van der Waals surface area contributed by atoms with Crippen molar-refractivity contribution in [3.63, 3.8) is 0 Å². The second-order valence-corrected chi connectivity index (χ2v) is 12.0. The second kappa shape index (κ2) is 10.2. The summed E-state index contributed by atoms with van der Waals surface area (Å²) in [5.41, 5.74) is -2.06. The highest BCUT2D eigenvalue weighted by Crippen LogP contribution is 2.45. The maximum absolute atomic E-state index is 16.7. The van der Waals surface area contributed by atoms with Gasteiger partial charge in [0.25, 0.3) is 0 Å². The molecule has 4 aliphatic rings. The highest BCUT2D eigenvalue weighted by atomic mass is 19.2. The van der Waals surface area contributed by atoms with Gasteiger partial charge in [0.2, 0.25) is 5.88 Å². The highest BCUT2D eigenvalue weighted by Gasteiger charge is 2.49. The Morgan fingerprint density at radius 3 is 2.67 bits per heavy atom. The molecule has 0 aliphatic carbocycles. The number of ether oxygens (including phenoxy) is 2. The molecular formula is C30H26F6N6O3. The summed E-state index contributed by atoms with van der Waals surface area (Å²) >= 11 is 0. The number of benzene rings is 2. The maximum atomic E-state index is 16.7. The molecule has 2 aromatic heterocycles. The molecule has 0 unspecified atom stereocenters. The van der Waals surface area contributed by atoms with E-state index in [1.165, 1.54) is 0 Å². The van der Waals surface area contributed by atoms with Crippen molar-refractivity contribution in [1.82, 2.24) is 25.2 Å². The molecule has 15 heteroatoms. The number of aromatic hydroxyl groups is 1. The first kappa shape index (κ1) is 28.4. The van der Waals surface area contributed by atoms with Crippen molar-refractivity contribution in [2.75, 3.05) is 50.8 Å². The Balaban J connectivity index is 1.34. The van der Waals surface area contributed by atoms with Gasteiger partial charge in [0.15, 0.2) is 29.1 Å². The molecule has 0 amide bonds. The summed E-state index contributed by atoms with van der Waals surface area (Å²) in [5.74, 6) is -9.38. The minimum absolute atomic E-state index is 0.0682. The Labute approximate surface area is 251 Å². The average molecular weight is 633 g/mol. The van der Waals surface area contributed by atoms with Crippen LogP contribution in [-0.4, -0.2) is 88.6 Å². The van der Waals surface area contributed by atoms with Crippen LogP contribution in [0.2, 0.25) is 0 Å². The number of pyridine rings is 1. The zero-order valence-electron chi connectivity index (χ0n) is 23.6. The van der Waals surface area contributed by atoms with Crippen LogP contribution in [0.1, 0.15) is 19.3 Å². The Kier molecular flexibility index (Phi) is 6.43. The van der Waals surface area contributed by atoms with Crippen LogP contribution in [0.15, 0.2) is 12.1 Å². The van der Waals surface area contributed by atoms with Gasteiger partial charge in [-0.3, -0.25) is 4.90 Å². The van der Waals surface area contributed by atoms with E-state index < -0.39 is 68.6 Å². The molecule has 3 fully saturated rings. The van der Waals surface area contributed by atoms with Crippen LogP contribution in [0.4, 0.5) is 32.2 Å². The van der Waals surface area contributed by atoms with Crippen LogP contribution >= 0.6 is 0 Å². The van der Waals surface area contributed by atoms with Crippen molar-refractivity contribution in [2.24, 2.45) is 0 Å². The van der Waals surface area contributed by atoms with Crippen LogP contribution < -0.4 is 19.7 Å². The summed E-state index contributed by atoms with van der Waals surface area (Å²) < 4.78 is 102. The van der Waals surface area contributed by atoms with Crippen LogP contribution in [0, 0.1) is 29.1 Å². The Morgan fingerprint density at radius 2 is 1.82 bits per heavy atom. The first-order chi connectivity index (χ1) is 21.6. The lowest BCUT2D eigenvalue weighted by molar-refractivity contribution is 0.107. The van der Waals surface area contributed by atoms with Crippen LogP contribution in [0.5, 0.6) is 17.6 Å². The van der Waals surface area contributed by atoms with E-state index in [2.05, 4.69) is 25.2 Å². The van der Waals surface area contributed by atoms with E-state index in [0.717, 1.165) is 25.5 Å². The zero-order chi connectivity index (χ0) is 31.2. The predicted octanol–water partition coefficient (Wildman–Crippen LogP) is 4.37. The topological polar surface area (TPSA) is 95.9 Å². The highest BCUT2D eigenvalue weighted by molar-refractivity contribution is 6.02. The summed E-state index contributed by atoms with van der Waals surface area (Å²) in [7, 11) is 0. The number of aromatic nitrogens is 3. The molecule has 4 aliphatic heterocycles. The fraction of sp³-hybridized carbons (Fsp3) is 0.433. The van der Waals surface area contributed by atoms with Gasteiger partial charge in [-0.05, 0) is 31.5 Å². The van der Waals surface area contributed by atoms with Crippen molar-refractivity contribution >= 4 is 27.5 Å². The largest absolute Gasteiger partial charge is 0.508 e. The number of fused-ring (bicyclic) bond motifs is 4. The quantitative estimate of drug-likeness (QED) is 0.193. The molecule has 8 rings (SSSR count). The van der Waals surface area contributed by atoms with Crippen molar-refractivity contribution < 1.29 is 40.9 Å². The monoisotopic (exact) mass is 632 g/mol. The van der Waals surface area contributed by atoms with Crippen molar-refractivity contribution in [2.45, 2.75) is 37.0 Å². The first-order valence-electron chi connectivity index (χ1n) is 14.7. The Morgan fingerprint density at radius 1 is 1.00 bits per heavy atom. The summed E-state index contributed by atoms with van der Waals surface area (Å²) in [6, 6.07) is 1.14. The van der Waals surface area contributed by atoms with Gasteiger partial charge in [-0.1, -0.05) is 0 Å². The van der Waals surface area contributed by atoms with Gasteiger partial charge in [0.1, 0.15) is 47.5 Å². The fourth-order valence-electron chi connectivity index (χ4n) is 7.31. The number of nitrogens with zero attached hydrogens (tertiary/aromatic N) is 5. The molecule has 2 aromatic carbocycles. The molecule has 9 nitrogen and oxygen atoms in total. The molecule has 2 N–H and O–H groups in total. The normalized spacial score (nSPS) is 24.5. The van der Waals surface area contributed by atoms with Crippen LogP contribution in [-0.2, 0) is 0 Å². The van der Waals surface area contributed by atoms with Crippen molar-refractivity contribution in [3.05, 3.63) is 41.2 Å². The maximum Gasteiger partial charge on any atom is 0.319 e. The summed E-state index contributed by atoms with van der Waals surface area (Å²) in [4.78, 5) is 17.3. The molecule has 236 valence electrons. The number of halogens is 6. The lowest BCUT2D eigenvalue weighted by atomic mass is 9.95. The van der Waals surface area contributed by atoms with E-state index >= 15 is 8.78 Å². The Hall–Kier alpha value is -4.11. The lowest BCUT2D eigenvalue weighted by Gasteiger charge is -2.35. The molecule has 3 atom stereocenters. The van der Waals surface area contributed by atoms with Gasteiger partial charge in [-0.2, -0.15) is 9.97 Å². The van der Waals surface area contributed by atoms with E-state index in [-0.39, 0.29) is 54.3 Å². The standard InChI is InChI=1S/C30H26F6N6O3/c31-13-8-30(2-1-4-41(30)10-13)12-45-29-39-26-19-27(40-29)42-5-3-37-9-14(42)11-44-28(19)38-25(24(26)36)17-7-15(43)6-16-18(17)21(33)23(35)22(34)20(16)32/h6-7,13-14,37,43H,1-5,8-12H2/t13-,14+,30+/m1/s1. The van der Waals surface area contributed by atoms with Crippen molar-refractivity contribution in [3.8, 4) is 28.9 Å². The smallest absolute Gasteiger partial charge is 0.319 e. The number of hydrogen-bond acceptors (Lipinski definition) is 9. The third-order valence-corrected chi connectivity index (χ3v) is 9.39. The number of phenolic OH excluding ortho intramolecular Hbond substituents is 1. The predicted molar refractivity (Wildman–Crippen MR) is 150 cm³/mol. The number of anilines is 1. The first-order valence-corrected chi connectivity index (χ1v) is 14.7. The summed E-state index contributed by atoms with van der Waals surface area (Å²) in [5, 5.41) is 12.1. The zero-order valence-corrected chi connectivity index (χ0v) is 23.6. The summed E-state index contributed by atoms with van der Waals surface area (Å²) in [6.07, 6.45) is 0.895. The number of nitrogens with one attached hydrogen (secondary N) is 1. The summed E-state index contributed by atoms with van der Waals surface area (Å²) in [6.45, 7) is 2.79. The third-order valence-electron chi connectivity index (χ3n) is 9.39. The second-order valence-electron chi connectivity index (χ2n) is 12.0. The number of phenols is 1. The minimum atomic E-state index is -2.10. The molecule has 3 saturated heterocycles. The molecule has 45 heavy (non-hydrogen) atoms. The molecule has 0 radical (unpaired) electrons. The lowest BCUT2D eigenvalue weighted by Crippen LogP contribution is -2.53. The Bertz CT molecular complexity index is 1900. The molecule has 0 bridgehead atoms. The molecular weight excluding hydrogens is 606 g/mol. The molecule has 0 spiro atoms. The fourth-order valence-corrected chi connectivity index (χ4v) is 7.31. The minimum Gasteiger partial charge on any atom is -0.508 e. The van der Waals surface area contributed by atoms with Gasteiger partial charge in [0.05, 0.1) is 11.6 Å². The van der Waals surface area contributed by atoms with Gasteiger partial charge in [-0.25, -0.2) is 31.3 Å². The van der Waals surface area contributed by atoms with Gasteiger partial charge >= 0.3 is 6.01 Å². The number of hydrogen-bond donors (Lipinski definition) is 2. The van der Waals surface area contributed by atoms with E-state index in [9.17, 15) is 22.7 Å². The van der Waals surface area contributed by atoms with Gasteiger partial charge in [0, 0.05) is 48.9 Å². The van der Waals surface area contributed by atoms with Crippen molar-refractivity contribution in [1.29, 1.82) is 0 Å². The van der Waals surface area contributed by atoms with E-state index in [1.54, 1.807) is 0 Å². The van der Waals surface area contributed by atoms with Gasteiger partial charge < -0.3 is 24.8 Å². The molecule has 6 heterocycles.